The van der Waals surface area contributed by atoms with Crippen LogP contribution in [0.5, 0.6) is 0 Å². The van der Waals surface area contributed by atoms with E-state index in [9.17, 15) is 4.79 Å². The predicted octanol–water partition coefficient (Wildman–Crippen LogP) is 4.93. The van der Waals surface area contributed by atoms with Crippen LogP contribution in [0.3, 0.4) is 0 Å². The first kappa shape index (κ1) is 18.9. The zero-order chi connectivity index (χ0) is 18.5. The summed E-state index contributed by atoms with van der Waals surface area (Å²) in [5.74, 6) is 0.323. The number of nitrogens with one attached hydrogen (secondary N) is 2. The third kappa shape index (κ3) is 5.06. The number of rotatable bonds is 7. The van der Waals surface area contributed by atoms with Crippen molar-refractivity contribution >= 4 is 51.2 Å². The number of thioether (sulfide) groups is 1. The largest absolute Gasteiger partial charge is 0.348 e. The molecule has 2 N–H and O–H groups in total. The second kappa shape index (κ2) is 8.66. The van der Waals surface area contributed by atoms with E-state index in [2.05, 4.69) is 46.8 Å². The van der Waals surface area contributed by atoms with Crippen molar-refractivity contribution in [3.63, 3.8) is 0 Å². The molecule has 0 bridgehead atoms. The molecule has 0 saturated carbocycles. The van der Waals surface area contributed by atoms with Gasteiger partial charge in [0.25, 0.3) is 0 Å². The Kier molecular flexibility index (Phi) is 6.29. The molecule has 1 aromatic carbocycles. The van der Waals surface area contributed by atoms with Gasteiger partial charge in [-0.3, -0.25) is 4.79 Å². The Labute approximate surface area is 165 Å². The lowest BCUT2D eigenvalue weighted by molar-refractivity contribution is -0.119. The summed E-state index contributed by atoms with van der Waals surface area (Å²) in [6.07, 6.45) is 0. The molecule has 5 nitrogen and oxygen atoms in total. The highest BCUT2D eigenvalue weighted by Gasteiger charge is 2.12. The highest BCUT2D eigenvalue weighted by Crippen LogP contribution is 2.29. The van der Waals surface area contributed by atoms with E-state index < -0.39 is 0 Å². The summed E-state index contributed by atoms with van der Waals surface area (Å²) in [4.78, 5) is 13.3. The summed E-state index contributed by atoms with van der Waals surface area (Å²) >= 11 is 4.50. The van der Waals surface area contributed by atoms with Crippen LogP contribution >= 0.6 is 34.4 Å². The molecule has 0 unspecified atom stereocenters. The quantitative estimate of drug-likeness (QED) is 0.547. The van der Waals surface area contributed by atoms with Crippen LogP contribution in [0.1, 0.15) is 29.0 Å². The maximum Gasteiger partial charge on any atom is 0.230 e. The highest BCUT2D eigenvalue weighted by molar-refractivity contribution is 8.01. The first-order valence-electron chi connectivity index (χ1n) is 8.14. The van der Waals surface area contributed by atoms with Crippen molar-refractivity contribution in [2.75, 3.05) is 11.1 Å². The molecule has 0 saturated heterocycles. The van der Waals surface area contributed by atoms with Crippen LogP contribution in [0.25, 0.3) is 0 Å². The number of thiophene rings is 1. The van der Waals surface area contributed by atoms with Gasteiger partial charge in [0, 0.05) is 10.6 Å². The van der Waals surface area contributed by atoms with Crippen molar-refractivity contribution in [1.29, 1.82) is 0 Å². The number of aromatic nitrogens is 2. The lowest BCUT2D eigenvalue weighted by atomic mass is 10.1. The Morgan fingerprint density at radius 3 is 2.85 bits per heavy atom. The summed E-state index contributed by atoms with van der Waals surface area (Å²) in [6.45, 7) is 6.12. The molecule has 3 aromatic rings. The van der Waals surface area contributed by atoms with Gasteiger partial charge in [-0.2, -0.15) is 0 Å². The van der Waals surface area contributed by atoms with E-state index in [0.29, 0.717) is 5.75 Å². The lowest BCUT2D eigenvalue weighted by Gasteiger charge is -2.11. The number of carbonyl (C=O) groups excluding carboxylic acids is 1. The van der Waals surface area contributed by atoms with Gasteiger partial charge in [0.05, 0.1) is 11.8 Å². The smallest absolute Gasteiger partial charge is 0.230 e. The van der Waals surface area contributed by atoms with Gasteiger partial charge in [-0.1, -0.05) is 46.9 Å². The topological polar surface area (TPSA) is 66.9 Å². The number of hydrogen-bond donors (Lipinski definition) is 2. The molecule has 136 valence electrons. The van der Waals surface area contributed by atoms with Gasteiger partial charge in [-0.05, 0) is 43.8 Å². The highest BCUT2D eigenvalue weighted by atomic mass is 32.2. The molecule has 26 heavy (non-hydrogen) atoms. The molecule has 2 heterocycles. The van der Waals surface area contributed by atoms with Crippen molar-refractivity contribution < 1.29 is 4.79 Å². The molecule has 0 aliphatic rings. The molecule has 1 atom stereocenters. The zero-order valence-corrected chi connectivity index (χ0v) is 17.2. The summed E-state index contributed by atoms with van der Waals surface area (Å²) < 4.78 is 0.774. The molecule has 3 rings (SSSR count). The van der Waals surface area contributed by atoms with Gasteiger partial charge in [0.2, 0.25) is 11.0 Å². The van der Waals surface area contributed by atoms with Gasteiger partial charge < -0.3 is 10.6 Å². The normalized spacial score (nSPS) is 12.0. The lowest BCUT2D eigenvalue weighted by Crippen LogP contribution is -2.27. The molecule has 0 aliphatic heterocycles. The van der Waals surface area contributed by atoms with Crippen molar-refractivity contribution in [2.45, 2.75) is 31.2 Å². The molecule has 2 aromatic heterocycles. The minimum Gasteiger partial charge on any atom is -0.348 e. The fourth-order valence-corrected chi connectivity index (χ4v) is 4.72. The van der Waals surface area contributed by atoms with E-state index in [4.69, 9.17) is 0 Å². The number of benzene rings is 1. The van der Waals surface area contributed by atoms with Gasteiger partial charge in [-0.25, -0.2) is 0 Å². The summed E-state index contributed by atoms with van der Waals surface area (Å²) in [6, 6.07) is 10.3. The predicted molar refractivity (Wildman–Crippen MR) is 111 cm³/mol. The van der Waals surface area contributed by atoms with Crippen LogP contribution in [0.4, 0.5) is 10.8 Å². The third-order valence-electron chi connectivity index (χ3n) is 3.70. The molecular formula is C18H20N4OS3. The maximum atomic E-state index is 12.1. The number of carbonyl (C=O) groups is 1. The van der Waals surface area contributed by atoms with Crippen molar-refractivity contribution in [3.05, 3.63) is 51.7 Å². The zero-order valence-electron chi connectivity index (χ0n) is 14.8. The maximum absolute atomic E-state index is 12.1. The molecule has 0 fully saturated rings. The Hall–Kier alpha value is -1.90. The average Bonchev–Trinajstić information content (AvgIpc) is 3.27. The molecule has 0 radical (unpaired) electrons. The minimum absolute atomic E-state index is 0.00464. The van der Waals surface area contributed by atoms with Crippen LogP contribution in [0, 0.1) is 13.8 Å². The first-order chi connectivity index (χ1) is 12.5. The third-order valence-corrected chi connectivity index (χ3v) is 6.73. The Morgan fingerprint density at radius 2 is 2.12 bits per heavy atom. The number of amides is 1. The van der Waals surface area contributed by atoms with E-state index in [1.165, 1.54) is 28.7 Å². The second-order valence-corrected chi connectivity index (χ2v) is 9.09. The average molecular weight is 405 g/mol. The fourth-order valence-electron chi connectivity index (χ4n) is 2.41. The van der Waals surface area contributed by atoms with Gasteiger partial charge in [0.15, 0.2) is 4.34 Å². The molecule has 1 amide bonds. The first-order valence-corrected chi connectivity index (χ1v) is 10.8. The van der Waals surface area contributed by atoms with Gasteiger partial charge in [0.1, 0.15) is 0 Å². The number of anilines is 2. The van der Waals surface area contributed by atoms with Crippen LogP contribution in [0.15, 0.2) is 40.1 Å². The van der Waals surface area contributed by atoms with E-state index in [0.717, 1.165) is 25.6 Å². The number of aryl methyl sites for hydroxylation is 2. The molecule has 0 spiro atoms. The van der Waals surface area contributed by atoms with E-state index in [1.807, 2.05) is 30.5 Å². The van der Waals surface area contributed by atoms with Crippen molar-refractivity contribution in [1.82, 2.24) is 15.5 Å². The van der Waals surface area contributed by atoms with Crippen LogP contribution in [-0.4, -0.2) is 21.9 Å². The Balaban J connectivity index is 1.51. The van der Waals surface area contributed by atoms with Gasteiger partial charge >= 0.3 is 0 Å². The summed E-state index contributed by atoms with van der Waals surface area (Å²) in [5.41, 5.74) is 3.41. The van der Waals surface area contributed by atoms with Crippen molar-refractivity contribution in [2.24, 2.45) is 0 Å². The van der Waals surface area contributed by atoms with Crippen LogP contribution in [-0.2, 0) is 4.79 Å². The van der Waals surface area contributed by atoms with Gasteiger partial charge in [-0.15, -0.1) is 21.5 Å². The monoisotopic (exact) mass is 404 g/mol. The summed E-state index contributed by atoms with van der Waals surface area (Å²) in [7, 11) is 0. The van der Waals surface area contributed by atoms with Crippen LogP contribution < -0.4 is 10.6 Å². The Morgan fingerprint density at radius 1 is 1.27 bits per heavy atom. The Bertz CT molecular complexity index is 876. The number of hydrogen-bond acceptors (Lipinski definition) is 7. The van der Waals surface area contributed by atoms with Crippen LogP contribution in [0.2, 0.25) is 0 Å². The molecule has 8 heteroatoms. The molecule has 0 aliphatic carbocycles. The SMILES string of the molecule is Cc1ccc(Nc2nnc(SCC(=O)N[C@@H](C)c3cccs3)s2)c(C)c1. The second-order valence-electron chi connectivity index (χ2n) is 5.91. The van der Waals surface area contributed by atoms with Crippen molar-refractivity contribution in [3.8, 4) is 0 Å². The fraction of sp³-hybridized carbons (Fsp3) is 0.278. The number of nitrogens with zero attached hydrogens (tertiary/aromatic N) is 2. The summed E-state index contributed by atoms with van der Waals surface area (Å²) in [5, 5.41) is 17.3. The van der Waals surface area contributed by atoms with E-state index in [-0.39, 0.29) is 11.9 Å². The standard InChI is InChI=1S/C18H20N4OS3/c1-11-6-7-14(12(2)9-11)20-17-21-22-18(26-17)25-10-16(23)19-13(3)15-5-4-8-24-15/h4-9,13H,10H2,1-3H3,(H,19,23)(H,20,21)/t13-/m0/s1. The minimum atomic E-state index is -0.00464. The molecular weight excluding hydrogens is 384 g/mol. The van der Waals surface area contributed by atoms with E-state index in [1.54, 1.807) is 11.3 Å². The van der Waals surface area contributed by atoms with E-state index >= 15 is 0 Å².